The predicted molar refractivity (Wildman–Crippen MR) is 81.1 cm³/mol. The minimum atomic E-state index is -0.483. The second-order valence-corrected chi connectivity index (χ2v) is 7.11. The lowest BCUT2D eigenvalue weighted by atomic mass is 10.1. The Hall–Kier alpha value is -0.430. The van der Waals surface area contributed by atoms with Crippen LogP contribution >= 0.6 is 22.9 Å². The summed E-state index contributed by atoms with van der Waals surface area (Å²) in [4.78, 5) is 3.70. The number of anilines is 1. The van der Waals surface area contributed by atoms with Gasteiger partial charge >= 0.3 is 0 Å². The third-order valence-electron chi connectivity index (χ3n) is 4.27. The highest BCUT2D eigenvalue weighted by Crippen LogP contribution is 2.31. The van der Waals surface area contributed by atoms with E-state index in [4.69, 9.17) is 11.6 Å². The monoisotopic (exact) mass is 318 g/mol. The van der Waals surface area contributed by atoms with Crippen LogP contribution in [0.5, 0.6) is 0 Å². The Morgan fingerprint density at radius 3 is 2.80 bits per heavy atom. The number of aromatic nitrogens is 1. The third-order valence-corrected chi connectivity index (χ3v) is 5.31. The molecule has 4 nitrogen and oxygen atoms in total. The third kappa shape index (κ3) is 3.24. The van der Waals surface area contributed by atoms with E-state index in [1.165, 1.54) is 19.4 Å². The summed E-state index contributed by atoms with van der Waals surface area (Å²) in [6, 6.07) is 1.36. The molecule has 3 atom stereocenters. The van der Waals surface area contributed by atoms with E-state index in [0.29, 0.717) is 22.2 Å². The lowest BCUT2D eigenvalue weighted by molar-refractivity contribution is 0.447. The molecule has 0 spiro atoms. The minimum absolute atomic E-state index is 0.397. The summed E-state index contributed by atoms with van der Waals surface area (Å²) in [6.45, 7) is 3.00. The van der Waals surface area contributed by atoms with E-state index >= 15 is 0 Å². The molecular weight excluding hydrogens is 299 g/mol. The number of unbranched alkanes of at least 4 members (excludes halogenated alkanes) is 1. The van der Waals surface area contributed by atoms with E-state index in [1.807, 2.05) is 0 Å². The highest BCUT2D eigenvalue weighted by atomic mass is 35.5. The summed E-state index contributed by atoms with van der Waals surface area (Å²) in [5.74, 6) is 1.30. The van der Waals surface area contributed by atoms with E-state index < -0.39 is 5.26 Å². The van der Waals surface area contributed by atoms with Crippen molar-refractivity contribution in [2.24, 2.45) is 5.92 Å². The Labute approximate surface area is 127 Å². The lowest BCUT2D eigenvalue weighted by Crippen LogP contribution is -2.39. The molecule has 20 heavy (non-hydrogen) atoms. The molecule has 2 heterocycles. The number of halogens is 2. The molecule has 0 aromatic carbocycles. The molecule has 1 aliphatic heterocycles. The van der Waals surface area contributed by atoms with Gasteiger partial charge < -0.3 is 16.0 Å². The summed E-state index contributed by atoms with van der Waals surface area (Å²) in [6.07, 6.45) is 4.81. The van der Waals surface area contributed by atoms with Gasteiger partial charge in [0.15, 0.2) is 5.82 Å². The molecule has 1 aromatic rings. The molecule has 2 bridgehead atoms. The van der Waals surface area contributed by atoms with Crippen molar-refractivity contribution in [3.05, 3.63) is 9.60 Å². The second kappa shape index (κ2) is 6.56. The van der Waals surface area contributed by atoms with Gasteiger partial charge in [0.25, 0.3) is 5.26 Å². The van der Waals surface area contributed by atoms with Crippen molar-refractivity contribution in [2.75, 3.05) is 25.0 Å². The van der Waals surface area contributed by atoms with Crippen molar-refractivity contribution in [2.45, 2.75) is 37.8 Å². The normalized spacial score (nSPS) is 28.2. The van der Waals surface area contributed by atoms with Gasteiger partial charge in [0.05, 0.1) is 0 Å². The van der Waals surface area contributed by atoms with Crippen LogP contribution in [0, 0.1) is 11.2 Å². The van der Waals surface area contributed by atoms with E-state index in [-0.39, 0.29) is 0 Å². The topological polar surface area (TPSA) is 49.0 Å². The smallest absolute Gasteiger partial charge is 0.272 e. The van der Waals surface area contributed by atoms with Crippen LogP contribution < -0.4 is 16.0 Å². The average molecular weight is 319 g/mol. The first-order valence-electron chi connectivity index (χ1n) is 7.26. The average Bonchev–Trinajstić information content (AvgIpc) is 3.09. The number of hydrogen-bond acceptors (Lipinski definition) is 5. The molecule has 0 unspecified atom stereocenters. The summed E-state index contributed by atoms with van der Waals surface area (Å²) in [7, 11) is 0. The fourth-order valence-corrected chi connectivity index (χ4v) is 4.06. The van der Waals surface area contributed by atoms with Crippen molar-refractivity contribution >= 4 is 28.8 Å². The molecule has 2 fully saturated rings. The zero-order chi connectivity index (χ0) is 13.9. The Bertz CT molecular complexity index is 436. The van der Waals surface area contributed by atoms with Crippen molar-refractivity contribution < 1.29 is 4.39 Å². The quantitative estimate of drug-likeness (QED) is 0.676. The van der Waals surface area contributed by atoms with E-state index in [2.05, 4.69) is 20.9 Å². The summed E-state index contributed by atoms with van der Waals surface area (Å²) in [5.41, 5.74) is 0. The van der Waals surface area contributed by atoms with Crippen LogP contribution in [0.1, 0.15) is 25.7 Å². The van der Waals surface area contributed by atoms with Gasteiger partial charge in [-0.1, -0.05) is 22.9 Å². The van der Waals surface area contributed by atoms with Crippen molar-refractivity contribution in [3.8, 4) is 0 Å². The fraction of sp³-hybridized carbons (Fsp3) is 0.769. The van der Waals surface area contributed by atoms with Gasteiger partial charge in [-0.25, -0.2) is 0 Å². The maximum Gasteiger partial charge on any atom is 0.272 e. The number of fused-ring (bicyclic) bond motifs is 2. The first kappa shape index (κ1) is 14.5. The summed E-state index contributed by atoms with van der Waals surface area (Å²) >= 11 is 6.71. The van der Waals surface area contributed by atoms with Crippen molar-refractivity contribution in [1.82, 2.24) is 15.6 Å². The van der Waals surface area contributed by atoms with E-state index in [0.717, 1.165) is 43.2 Å². The molecule has 112 valence electrons. The molecule has 7 heteroatoms. The van der Waals surface area contributed by atoms with Gasteiger partial charge in [-0.15, -0.1) is 0 Å². The van der Waals surface area contributed by atoms with Crippen LogP contribution in [0.25, 0.3) is 0 Å². The summed E-state index contributed by atoms with van der Waals surface area (Å²) < 4.78 is 13.2. The number of hydrogen-bond donors (Lipinski definition) is 3. The molecule has 3 N–H and O–H groups in total. The van der Waals surface area contributed by atoms with E-state index in [1.54, 1.807) is 0 Å². The number of piperidine rings is 1. The molecule has 1 saturated carbocycles. The van der Waals surface area contributed by atoms with Gasteiger partial charge in [0, 0.05) is 18.6 Å². The number of nitrogens with zero attached hydrogens (tertiary/aromatic N) is 1. The zero-order valence-electron chi connectivity index (χ0n) is 11.3. The van der Waals surface area contributed by atoms with Crippen LogP contribution in [-0.2, 0) is 0 Å². The second-order valence-electron chi connectivity index (χ2n) is 5.56. The van der Waals surface area contributed by atoms with Crippen LogP contribution in [0.2, 0.25) is 4.34 Å². The first-order chi connectivity index (χ1) is 9.74. The van der Waals surface area contributed by atoms with Crippen molar-refractivity contribution in [1.29, 1.82) is 0 Å². The molecule has 0 radical (unpaired) electrons. The standard InChI is InChI=1S/C13H20ClFN4S/c14-11-12(19-13(15)20-11)17-6-2-1-5-16-10-8-3-4-9(10)18-7-8/h8-10,16-18H,1-7H2/t8-,9-,10+/m1/s1. The molecule has 1 aliphatic carbocycles. The van der Waals surface area contributed by atoms with Gasteiger partial charge in [-0.3, -0.25) is 0 Å². The largest absolute Gasteiger partial charge is 0.368 e. The SMILES string of the molecule is Fc1nc(NCCCCN[C@H]2[C@@H]3CC[C@H]2NC3)c(Cl)s1. The molecule has 1 saturated heterocycles. The number of thiazole rings is 1. The van der Waals surface area contributed by atoms with Gasteiger partial charge in [-0.2, -0.15) is 9.37 Å². The summed E-state index contributed by atoms with van der Waals surface area (Å²) in [5, 5.41) is 9.82. The fourth-order valence-electron chi connectivity index (χ4n) is 3.26. The van der Waals surface area contributed by atoms with Gasteiger partial charge in [0.1, 0.15) is 4.34 Å². The highest BCUT2D eigenvalue weighted by molar-refractivity contribution is 7.15. The molecule has 2 aliphatic rings. The Kier molecular flexibility index (Phi) is 4.75. The molecule has 1 aromatic heterocycles. The lowest BCUT2D eigenvalue weighted by Gasteiger charge is -2.16. The number of rotatable bonds is 7. The Morgan fingerprint density at radius 1 is 1.35 bits per heavy atom. The molecule has 3 rings (SSSR count). The highest BCUT2D eigenvalue weighted by Gasteiger charge is 2.40. The minimum Gasteiger partial charge on any atom is -0.368 e. The van der Waals surface area contributed by atoms with Gasteiger partial charge in [0.2, 0.25) is 0 Å². The molecular formula is C13H20ClFN4S. The molecule has 0 amide bonds. The van der Waals surface area contributed by atoms with Gasteiger partial charge in [-0.05, 0) is 44.7 Å². The predicted octanol–water partition coefficient (Wildman–Crippen LogP) is 2.47. The van der Waals surface area contributed by atoms with Crippen LogP contribution in [0.3, 0.4) is 0 Å². The van der Waals surface area contributed by atoms with Crippen LogP contribution in [0.4, 0.5) is 10.2 Å². The maximum absolute atomic E-state index is 12.8. The van der Waals surface area contributed by atoms with Crippen LogP contribution in [0.15, 0.2) is 0 Å². The van der Waals surface area contributed by atoms with Crippen LogP contribution in [-0.4, -0.2) is 36.7 Å². The zero-order valence-corrected chi connectivity index (χ0v) is 12.9. The van der Waals surface area contributed by atoms with Crippen molar-refractivity contribution in [3.63, 3.8) is 0 Å². The maximum atomic E-state index is 12.8. The first-order valence-corrected chi connectivity index (χ1v) is 8.46. The van der Waals surface area contributed by atoms with E-state index in [9.17, 15) is 4.39 Å². The Balaban J connectivity index is 1.28. The number of nitrogens with one attached hydrogen (secondary N) is 3. The Morgan fingerprint density at radius 2 is 2.20 bits per heavy atom.